The Morgan fingerprint density at radius 2 is 1.91 bits per heavy atom. The molecule has 2 aromatic rings. The average Bonchev–Trinajstić information content (AvgIpc) is 3.07. The lowest BCUT2D eigenvalue weighted by atomic mass is 10.2. The molecule has 0 amide bonds. The molecule has 0 radical (unpaired) electrons. The molecule has 0 aromatic heterocycles. The van der Waals surface area contributed by atoms with E-state index in [0.717, 1.165) is 37.2 Å². The van der Waals surface area contributed by atoms with E-state index in [1.807, 2.05) is 36.4 Å². The zero-order valence-corrected chi connectivity index (χ0v) is 12.6. The molecule has 4 heteroatoms. The molecular formula is C18H19FN2O. The van der Waals surface area contributed by atoms with Crippen molar-refractivity contribution < 1.29 is 9.13 Å². The van der Waals surface area contributed by atoms with E-state index in [9.17, 15) is 4.39 Å². The maximum Gasteiger partial charge on any atom is 0.147 e. The molecule has 0 spiro atoms. The third kappa shape index (κ3) is 3.11. The first-order valence-electron chi connectivity index (χ1n) is 7.49. The highest BCUT2D eigenvalue weighted by Crippen LogP contribution is 2.27. The fourth-order valence-corrected chi connectivity index (χ4v) is 2.70. The number of ether oxygens (including phenoxy) is 1. The zero-order chi connectivity index (χ0) is 15.4. The summed E-state index contributed by atoms with van der Waals surface area (Å²) in [6.07, 6.45) is 3.93. The number of benzene rings is 2. The van der Waals surface area contributed by atoms with Crippen LogP contribution >= 0.6 is 0 Å². The summed E-state index contributed by atoms with van der Waals surface area (Å²) in [6, 6.07) is 12.8. The Morgan fingerprint density at radius 3 is 2.64 bits per heavy atom. The number of para-hydroxylation sites is 2. The van der Waals surface area contributed by atoms with E-state index >= 15 is 0 Å². The molecule has 1 aliphatic rings. The Labute approximate surface area is 130 Å². The summed E-state index contributed by atoms with van der Waals surface area (Å²) in [6.45, 7) is 1.87. The van der Waals surface area contributed by atoms with Crippen LogP contribution in [-0.2, 0) is 0 Å². The van der Waals surface area contributed by atoms with Gasteiger partial charge in [-0.15, -0.1) is 0 Å². The van der Waals surface area contributed by atoms with Crippen molar-refractivity contribution in [3.8, 4) is 5.75 Å². The first kappa shape index (κ1) is 14.6. The van der Waals surface area contributed by atoms with Gasteiger partial charge in [0.05, 0.1) is 12.8 Å². The number of nitrogens with zero attached hydrogens (tertiary/aromatic N) is 2. The van der Waals surface area contributed by atoms with Crippen LogP contribution in [0.4, 0.5) is 15.8 Å². The molecule has 1 heterocycles. The van der Waals surface area contributed by atoms with Crippen molar-refractivity contribution in [1.29, 1.82) is 0 Å². The van der Waals surface area contributed by atoms with Crippen LogP contribution in [0.25, 0.3) is 0 Å². The summed E-state index contributed by atoms with van der Waals surface area (Å²) in [5, 5.41) is 0. The monoisotopic (exact) mass is 298 g/mol. The Kier molecular flexibility index (Phi) is 4.37. The standard InChI is InChI=1S/C18H19FN2O/c1-22-18-7-3-2-6-16(18)20-13-14-8-9-17(15(19)12-14)21-10-4-5-11-21/h2-3,6-9,12-13H,4-5,10-11H2,1H3. The van der Waals surface area contributed by atoms with Gasteiger partial charge < -0.3 is 9.64 Å². The largest absolute Gasteiger partial charge is 0.494 e. The quantitative estimate of drug-likeness (QED) is 0.791. The number of hydrogen-bond acceptors (Lipinski definition) is 3. The molecule has 2 aromatic carbocycles. The van der Waals surface area contributed by atoms with E-state index < -0.39 is 0 Å². The lowest BCUT2D eigenvalue weighted by Crippen LogP contribution is -2.18. The minimum atomic E-state index is -0.189. The molecule has 1 fully saturated rings. The number of anilines is 1. The molecule has 0 bridgehead atoms. The van der Waals surface area contributed by atoms with Crippen LogP contribution in [0.1, 0.15) is 18.4 Å². The highest BCUT2D eigenvalue weighted by Gasteiger charge is 2.15. The first-order chi connectivity index (χ1) is 10.8. The molecule has 114 valence electrons. The summed E-state index contributed by atoms with van der Waals surface area (Å²) in [5.74, 6) is 0.513. The van der Waals surface area contributed by atoms with E-state index in [-0.39, 0.29) is 5.82 Å². The van der Waals surface area contributed by atoms with E-state index in [1.54, 1.807) is 13.3 Å². The van der Waals surface area contributed by atoms with Gasteiger partial charge in [-0.25, -0.2) is 4.39 Å². The summed E-state index contributed by atoms with van der Waals surface area (Å²) in [4.78, 5) is 6.48. The second kappa shape index (κ2) is 6.60. The van der Waals surface area contributed by atoms with Crippen LogP contribution in [-0.4, -0.2) is 26.4 Å². The SMILES string of the molecule is COc1ccccc1N=Cc1ccc(N2CCCC2)c(F)c1. The van der Waals surface area contributed by atoms with Crippen molar-refractivity contribution in [2.45, 2.75) is 12.8 Å². The number of methoxy groups -OCH3 is 1. The Hall–Kier alpha value is -2.36. The number of aliphatic imine (C=N–C) groups is 1. The van der Waals surface area contributed by atoms with Crippen LogP contribution in [0.2, 0.25) is 0 Å². The Balaban J connectivity index is 1.80. The van der Waals surface area contributed by atoms with Crippen molar-refractivity contribution in [2.75, 3.05) is 25.1 Å². The maximum atomic E-state index is 14.2. The van der Waals surface area contributed by atoms with Crippen LogP contribution in [0.15, 0.2) is 47.5 Å². The number of hydrogen-bond donors (Lipinski definition) is 0. The van der Waals surface area contributed by atoms with Gasteiger partial charge in [-0.1, -0.05) is 18.2 Å². The zero-order valence-electron chi connectivity index (χ0n) is 12.6. The normalized spacial score (nSPS) is 14.7. The topological polar surface area (TPSA) is 24.8 Å². The molecule has 3 nitrogen and oxygen atoms in total. The smallest absolute Gasteiger partial charge is 0.147 e. The number of halogens is 1. The first-order valence-corrected chi connectivity index (χ1v) is 7.49. The highest BCUT2D eigenvalue weighted by atomic mass is 19.1. The lowest BCUT2D eigenvalue weighted by molar-refractivity contribution is 0.416. The van der Waals surface area contributed by atoms with E-state index in [0.29, 0.717) is 11.4 Å². The third-order valence-corrected chi connectivity index (χ3v) is 3.86. The van der Waals surface area contributed by atoms with Gasteiger partial charge in [-0.05, 0) is 42.7 Å². The molecule has 0 atom stereocenters. The predicted octanol–water partition coefficient (Wildman–Crippen LogP) is 4.19. The van der Waals surface area contributed by atoms with Crippen molar-refractivity contribution in [3.63, 3.8) is 0 Å². The molecule has 22 heavy (non-hydrogen) atoms. The van der Waals surface area contributed by atoms with Crippen molar-refractivity contribution in [3.05, 3.63) is 53.8 Å². The highest BCUT2D eigenvalue weighted by molar-refractivity contribution is 5.83. The lowest BCUT2D eigenvalue weighted by Gasteiger charge is -2.18. The van der Waals surface area contributed by atoms with E-state index in [2.05, 4.69) is 9.89 Å². The van der Waals surface area contributed by atoms with Crippen LogP contribution in [0.3, 0.4) is 0 Å². The van der Waals surface area contributed by atoms with E-state index in [1.165, 1.54) is 6.07 Å². The minimum absolute atomic E-state index is 0.189. The molecule has 0 aliphatic carbocycles. The van der Waals surface area contributed by atoms with Crippen molar-refractivity contribution >= 4 is 17.6 Å². The summed E-state index contributed by atoms with van der Waals surface area (Å²) in [7, 11) is 1.61. The predicted molar refractivity (Wildman–Crippen MR) is 88.1 cm³/mol. The van der Waals surface area contributed by atoms with Gasteiger partial charge in [0.1, 0.15) is 17.3 Å². The van der Waals surface area contributed by atoms with Gasteiger partial charge in [0.15, 0.2) is 0 Å². The van der Waals surface area contributed by atoms with Crippen molar-refractivity contribution in [1.82, 2.24) is 0 Å². The van der Waals surface area contributed by atoms with Gasteiger partial charge in [-0.2, -0.15) is 0 Å². The molecule has 1 aliphatic heterocycles. The van der Waals surface area contributed by atoms with Crippen LogP contribution in [0.5, 0.6) is 5.75 Å². The van der Waals surface area contributed by atoms with E-state index in [4.69, 9.17) is 4.74 Å². The second-order valence-electron chi connectivity index (χ2n) is 5.34. The molecule has 0 saturated carbocycles. The number of rotatable bonds is 4. The Morgan fingerprint density at radius 1 is 1.14 bits per heavy atom. The second-order valence-corrected chi connectivity index (χ2v) is 5.34. The fourth-order valence-electron chi connectivity index (χ4n) is 2.70. The molecular weight excluding hydrogens is 279 g/mol. The average molecular weight is 298 g/mol. The van der Waals surface area contributed by atoms with Gasteiger partial charge in [0, 0.05) is 19.3 Å². The summed E-state index contributed by atoms with van der Waals surface area (Å²) >= 11 is 0. The molecule has 0 N–H and O–H groups in total. The minimum Gasteiger partial charge on any atom is -0.494 e. The van der Waals surface area contributed by atoms with Gasteiger partial charge in [-0.3, -0.25) is 4.99 Å². The van der Waals surface area contributed by atoms with Gasteiger partial charge in [0.2, 0.25) is 0 Å². The molecule has 3 rings (SSSR count). The summed E-state index contributed by atoms with van der Waals surface area (Å²) in [5.41, 5.74) is 2.16. The Bertz CT molecular complexity index is 679. The maximum absolute atomic E-state index is 14.2. The fraction of sp³-hybridized carbons (Fsp3) is 0.278. The van der Waals surface area contributed by atoms with Gasteiger partial charge >= 0.3 is 0 Å². The van der Waals surface area contributed by atoms with Crippen LogP contribution in [0, 0.1) is 5.82 Å². The van der Waals surface area contributed by atoms with Crippen LogP contribution < -0.4 is 9.64 Å². The summed E-state index contributed by atoms with van der Waals surface area (Å²) < 4.78 is 19.5. The molecule has 1 saturated heterocycles. The third-order valence-electron chi connectivity index (χ3n) is 3.86. The molecule has 0 unspecified atom stereocenters. The van der Waals surface area contributed by atoms with Gasteiger partial charge in [0.25, 0.3) is 0 Å². The van der Waals surface area contributed by atoms with Crippen molar-refractivity contribution in [2.24, 2.45) is 4.99 Å².